The summed E-state index contributed by atoms with van der Waals surface area (Å²) in [6.45, 7) is 2.49. The van der Waals surface area contributed by atoms with Crippen LogP contribution in [0.5, 0.6) is 0 Å². The number of anilines is 1. The van der Waals surface area contributed by atoms with E-state index < -0.39 is 24.0 Å². The monoisotopic (exact) mass is 522 g/mol. The van der Waals surface area contributed by atoms with Crippen LogP contribution in [0.4, 0.5) is 19.4 Å². The number of carboxylic acid groups (broad SMARTS) is 1. The van der Waals surface area contributed by atoms with Crippen molar-refractivity contribution in [3.63, 3.8) is 0 Å². The highest BCUT2D eigenvalue weighted by Gasteiger charge is 2.35. The maximum atomic E-state index is 13.3. The Morgan fingerprint density at radius 1 is 1.19 bits per heavy atom. The third-order valence-corrected chi connectivity index (χ3v) is 7.73. The Balaban J connectivity index is 1.15. The van der Waals surface area contributed by atoms with Crippen molar-refractivity contribution in [2.24, 2.45) is 5.92 Å². The molecule has 4 rings (SSSR count). The van der Waals surface area contributed by atoms with Crippen LogP contribution in [0.25, 0.3) is 0 Å². The standard InChI is InChI=1S/C27H40F2N4O4/c28-27(29)13-10-19(11-14-27)18-37-26(36)32-23(25(34)35)12-17-33(22-8-9-22)16-2-1-5-21-7-6-20-4-3-15-30-24(20)31-21/h6-7,19,22-23H,1-5,8-18H2,(H,30,31)(H,32,36)(H,34,35). The summed E-state index contributed by atoms with van der Waals surface area (Å²) >= 11 is 0. The third kappa shape index (κ3) is 8.79. The number of unbranched alkanes of at least 4 members (excludes halogenated alkanes) is 1. The first-order valence-corrected chi connectivity index (χ1v) is 13.8. The molecular weight excluding hydrogens is 482 g/mol. The van der Waals surface area contributed by atoms with Crippen molar-refractivity contribution in [2.45, 2.75) is 95.1 Å². The van der Waals surface area contributed by atoms with Crippen LogP contribution < -0.4 is 10.6 Å². The lowest BCUT2D eigenvalue weighted by Gasteiger charge is -2.28. The highest BCUT2D eigenvalue weighted by atomic mass is 19.3. The van der Waals surface area contributed by atoms with Gasteiger partial charge >= 0.3 is 12.1 Å². The number of carbonyl (C=O) groups is 2. The molecular formula is C27H40F2N4O4. The second kappa shape index (κ2) is 12.8. The van der Waals surface area contributed by atoms with Gasteiger partial charge in [-0.25, -0.2) is 23.4 Å². The van der Waals surface area contributed by atoms with Gasteiger partial charge in [-0.1, -0.05) is 6.07 Å². The number of alkyl halides is 2. The van der Waals surface area contributed by atoms with Crippen molar-refractivity contribution in [3.8, 4) is 0 Å². The summed E-state index contributed by atoms with van der Waals surface area (Å²) in [5.74, 6) is -2.81. The molecule has 1 aliphatic heterocycles. The number of hydrogen-bond acceptors (Lipinski definition) is 6. The summed E-state index contributed by atoms with van der Waals surface area (Å²) in [4.78, 5) is 31.0. The van der Waals surface area contributed by atoms with E-state index in [0.717, 1.165) is 69.5 Å². The van der Waals surface area contributed by atoms with Gasteiger partial charge in [0.2, 0.25) is 5.92 Å². The molecule has 1 amide bonds. The van der Waals surface area contributed by atoms with Gasteiger partial charge in [0.1, 0.15) is 11.9 Å². The summed E-state index contributed by atoms with van der Waals surface area (Å²) in [5, 5.41) is 15.4. The molecule has 1 unspecified atom stereocenters. The van der Waals surface area contributed by atoms with Crippen LogP contribution >= 0.6 is 0 Å². The Labute approximate surface area is 217 Å². The molecule has 1 aromatic heterocycles. The van der Waals surface area contributed by atoms with Gasteiger partial charge in [-0.2, -0.15) is 0 Å². The molecule has 1 aromatic rings. The SMILES string of the molecule is O=C(NC(CCN(CCCCc1ccc2c(n1)NCCC2)C1CC1)C(=O)O)OCC1CCC(F)(F)CC1. The Morgan fingerprint density at radius 3 is 2.70 bits per heavy atom. The quantitative estimate of drug-likeness (QED) is 0.325. The van der Waals surface area contributed by atoms with Crippen molar-refractivity contribution in [1.29, 1.82) is 0 Å². The highest BCUT2D eigenvalue weighted by molar-refractivity contribution is 5.79. The maximum absolute atomic E-state index is 13.3. The second-order valence-electron chi connectivity index (χ2n) is 10.8. The first kappa shape index (κ1) is 27.5. The Bertz CT molecular complexity index is 918. The lowest BCUT2D eigenvalue weighted by Crippen LogP contribution is -2.44. The predicted octanol–water partition coefficient (Wildman–Crippen LogP) is 4.62. The maximum Gasteiger partial charge on any atom is 0.407 e. The molecule has 2 fully saturated rings. The fourth-order valence-electron chi connectivity index (χ4n) is 5.24. The molecule has 2 heterocycles. The number of carbonyl (C=O) groups excluding carboxylic acids is 1. The van der Waals surface area contributed by atoms with Crippen LogP contribution in [0.2, 0.25) is 0 Å². The molecule has 37 heavy (non-hydrogen) atoms. The minimum Gasteiger partial charge on any atom is -0.480 e. The number of aromatic nitrogens is 1. The molecule has 3 N–H and O–H groups in total. The van der Waals surface area contributed by atoms with E-state index in [1.807, 2.05) is 0 Å². The summed E-state index contributed by atoms with van der Waals surface area (Å²) < 4.78 is 31.7. The molecule has 10 heteroatoms. The van der Waals surface area contributed by atoms with E-state index >= 15 is 0 Å². The van der Waals surface area contributed by atoms with E-state index in [9.17, 15) is 23.5 Å². The van der Waals surface area contributed by atoms with Gasteiger partial charge in [0.25, 0.3) is 0 Å². The molecule has 0 bridgehead atoms. The van der Waals surface area contributed by atoms with E-state index in [1.54, 1.807) is 0 Å². The number of carboxylic acids is 1. The second-order valence-corrected chi connectivity index (χ2v) is 10.8. The fraction of sp³-hybridized carbons (Fsp3) is 0.741. The van der Waals surface area contributed by atoms with Crippen LogP contribution in [0.3, 0.4) is 0 Å². The molecule has 3 aliphatic rings. The van der Waals surface area contributed by atoms with Crippen LogP contribution in [0.15, 0.2) is 12.1 Å². The number of halogens is 2. The van der Waals surface area contributed by atoms with E-state index in [1.165, 1.54) is 5.56 Å². The number of nitrogens with zero attached hydrogens (tertiary/aromatic N) is 2. The fourth-order valence-corrected chi connectivity index (χ4v) is 5.24. The van der Waals surface area contributed by atoms with Gasteiger partial charge in [0.05, 0.1) is 6.61 Å². The molecule has 206 valence electrons. The summed E-state index contributed by atoms with van der Waals surface area (Å²) in [5.41, 5.74) is 2.39. The van der Waals surface area contributed by atoms with E-state index in [2.05, 4.69) is 27.7 Å². The van der Waals surface area contributed by atoms with Gasteiger partial charge < -0.3 is 25.4 Å². The smallest absolute Gasteiger partial charge is 0.407 e. The molecule has 2 saturated carbocycles. The molecule has 0 saturated heterocycles. The zero-order valence-corrected chi connectivity index (χ0v) is 21.5. The topological polar surface area (TPSA) is 104 Å². The number of pyridine rings is 1. The lowest BCUT2D eigenvalue weighted by atomic mass is 9.87. The van der Waals surface area contributed by atoms with Crippen LogP contribution in [-0.2, 0) is 22.4 Å². The average molecular weight is 523 g/mol. The van der Waals surface area contributed by atoms with Gasteiger partial charge in [-0.3, -0.25) is 0 Å². The van der Waals surface area contributed by atoms with Crippen LogP contribution in [-0.4, -0.2) is 71.3 Å². The van der Waals surface area contributed by atoms with Gasteiger partial charge in [-0.05, 0) is 88.3 Å². The Morgan fingerprint density at radius 2 is 1.97 bits per heavy atom. The van der Waals surface area contributed by atoms with E-state index in [-0.39, 0.29) is 31.8 Å². The van der Waals surface area contributed by atoms with E-state index in [0.29, 0.717) is 25.4 Å². The van der Waals surface area contributed by atoms with Gasteiger partial charge in [-0.15, -0.1) is 0 Å². The number of alkyl carbamates (subject to hydrolysis) is 1. The van der Waals surface area contributed by atoms with Crippen LogP contribution in [0, 0.1) is 5.92 Å². The van der Waals surface area contributed by atoms with Gasteiger partial charge in [0.15, 0.2) is 0 Å². The van der Waals surface area contributed by atoms with Crippen molar-refractivity contribution < 1.29 is 28.2 Å². The highest BCUT2D eigenvalue weighted by Crippen LogP contribution is 2.36. The first-order chi connectivity index (χ1) is 17.8. The zero-order valence-electron chi connectivity index (χ0n) is 21.5. The largest absolute Gasteiger partial charge is 0.480 e. The average Bonchev–Trinajstić information content (AvgIpc) is 3.72. The number of hydrogen-bond donors (Lipinski definition) is 3. The molecule has 0 aromatic carbocycles. The summed E-state index contributed by atoms with van der Waals surface area (Å²) in [6, 6.07) is 3.74. The Hall–Kier alpha value is -2.49. The van der Waals surface area contributed by atoms with Crippen molar-refractivity contribution >= 4 is 17.9 Å². The number of fused-ring (bicyclic) bond motifs is 1. The summed E-state index contributed by atoms with van der Waals surface area (Å²) in [6.07, 6.45) is 7.09. The molecule has 2 aliphatic carbocycles. The van der Waals surface area contributed by atoms with E-state index in [4.69, 9.17) is 9.72 Å². The zero-order chi connectivity index (χ0) is 26.3. The van der Waals surface area contributed by atoms with Crippen LogP contribution in [0.1, 0.15) is 75.5 Å². The number of aliphatic carboxylic acids is 1. The molecule has 0 spiro atoms. The minimum atomic E-state index is -2.63. The van der Waals surface area contributed by atoms with Crippen molar-refractivity contribution in [1.82, 2.24) is 15.2 Å². The number of aryl methyl sites for hydroxylation is 2. The molecule has 8 nitrogen and oxygen atoms in total. The number of amides is 1. The minimum absolute atomic E-state index is 0.0393. The third-order valence-electron chi connectivity index (χ3n) is 7.73. The Kier molecular flexibility index (Phi) is 9.56. The van der Waals surface area contributed by atoms with Crippen molar-refractivity contribution in [2.75, 3.05) is 31.6 Å². The van der Waals surface area contributed by atoms with Gasteiger partial charge in [0, 0.05) is 37.7 Å². The molecule has 1 atom stereocenters. The summed E-state index contributed by atoms with van der Waals surface area (Å²) in [7, 11) is 0. The number of rotatable bonds is 13. The normalized spacial score (nSPS) is 20.1. The first-order valence-electron chi connectivity index (χ1n) is 13.8. The number of nitrogens with one attached hydrogen (secondary N) is 2. The lowest BCUT2D eigenvalue weighted by molar-refractivity contribution is -0.139. The van der Waals surface area contributed by atoms with Crippen molar-refractivity contribution in [3.05, 3.63) is 23.4 Å². The molecule has 0 radical (unpaired) electrons. The number of ether oxygens (including phenoxy) is 1. The predicted molar refractivity (Wildman–Crippen MR) is 136 cm³/mol.